The van der Waals surface area contributed by atoms with E-state index in [4.69, 9.17) is 0 Å². The monoisotopic (exact) mass is 653 g/mol. The molecule has 5 rings (SSSR count). The van der Waals surface area contributed by atoms with Gasteiger partial charge in [0.1, 0.15) is 23.3 Å². The second-order valence-electron chi connectivity index (χ2n) is 11.6. The molecule has 4 atom stereocenters. The zero-order valence-electron chi connectivity index (χ0n) is 25.4. The Morgan fingerprint density at radius 2 is 1.54 bits per heavy atom. The van der Waals surface area contributed by atoms with Crippen molar-refractivity contribution in [3.05, 3.63) is 131 Å². The zero-order chi connectivity index (χ0) is 33.0. The number of anilines is 1. The van der Waals surface area contributed by atoms with Crippen LogP contribution in [0.15, 0.2) is 95.9 Å². The van der Waals surface area contributed by atoms with E-state index in [1.54, 1.807) is 43.3 Å². The van der Waals surface area contributed by atoms with E-state index in [9.17, 15) is 26.4 Å². The molecule has 1 saturated heterocycles. The van der Waals surface area contributed by atoms with E-state index < -0.39 is 57.1 Å². The molecule has 4 aromatic carbocycles. The summed E-state index contributed by atoms with van der Waals surface area (Å²) in [5, 5.41) is 6.05. The molecular weight excluding hydrogens is 618 g/mol. The predicted molar refractivity (Wildman–Crippen MR) is 169 cm³/mol. The van der Waals surface area contributed by atoms with Gasteiger partial charge in [-0.3, -0.25) is 4.79 Å². The maximum Gasteiger partial charge on any atom is 0.243 e. The van der Waals surface area contributed by atoms with E-state index >= 15 is 4.39 Å². The lowest BCUT2D eigenvalue weighted by Gasteiger charge is -2.40. The van der Waals surface area contributed by atoms with Gasteiger partial charge in [-0.25, -0.2) is 26.0 Å². The maximum absolute atomic E-state index is 15.3. The van der Waals surface area contributed by atoms with Gasteiger partial charge in [-0.05, 0) is 79.4 Å². The molecule has 0 aromatic heterocycles. The van der Waals surface area contributed by atoms with Gasteiger partial charge in [0.2, 0.25) is 15.9 Å². The minimum Gasteiger partial charge on any atom is -0.325 e. The number of hydrogen-bond acceptors (Lipinski definition) is 4. The van der Waals surface area contributed by atoms with E-state index in [0.29, 0.717) is 18.7 Å². The largest absolute Gasteiger partial charge is 0.325 e. The Kier molecular flexibility index (Phi) is 10.2. The second kappa shape index (κ2) is 14.1. The smallest absolute Gasteiger partial charge is 0.243 e. The number of halogens is 4. The highest BCUT2D eigenvalue weighted by Crippen LogP contribution is 2.35. The molecule has 0 bridgehead atoms. The fourth-order valence-electron chi connectivity index (χ4n) is 6.21. The van der Waals surface area contributed by atoms with E-state index in [1.165, 1.54) is 40.7 Å². The van der Waals surface area contributed by atoms with Crippen molar-refractivity contribution < 1.29 is 30.8 Å². The fraction of sp³-hybridized carbons (Fsp3) is 0.286. The molecule has 46 heavy (non-hydrogen) atoms. The first-order chi connectivity index (χ1) is 22.0. The van der Waals surface area contributed by atoms with Gasteiger partial charge in [-0.15, -0.1) is 0 Å². The lowest BCUT2D eigenvalue weighted by atomic mass is 9.81. The molecule has 1 aliphatic heterocycles. The number of carbonyl (C=O) groups is 1. The van der Waals surface area contributed by atoms with Crippen LogP contribution in [-0.2, 0) is 21.2 Å². The van der Waals surface area contributed by atoms with E-state index in [0.717, 1.165) is 18.2 Å². The van der Waals surface area contributed by atoms with E-state index in [1.807, 2.05) is 6.92 Å². The molecule has 0 unspecified atom stereocenters. The van der Waals surface area contributed by atoms with Crippen LogP contribution in [0.25, 0.3) is 0 Å². The zero-order valence-corrected chi connectivity index (χ0v) is 26.2. The van der Waals surface area contributed by atoms with Crippen LogP contribution in [0.1, 0.15) is 42.9 Å². The summed E-state index contributed by atoms with van der Waals surface area (Å²) in [4.78, 5) is 13.9. The van der Waals surface area contributed by atoms with Crippen molar-refractivity contribution in [1.29, 1.82) is 0 Å². The van der Waals surface area contributed by atoms with Crippen molar-refractivity contribution in [1.82, 2.24) is 9.62 Å². The highest BCUT2D eigenvalue weighted by molar-refractivity contribution is 7.89. The molecule has 1 heterocycles. The molecule has 0 saturated carbocycles. The summed E-state index contributed by atoms with van der Waals surface area (Å²) in [6.07, 6.45) is 0.385. The summed E-state index contributed by atoms with van der Waals surface area (Å²) in [6.45, 7) is 4.23. The number of piperazine rings is 1. The van der Waals surface area contributed by atoms with Crippen molar-refractivity contribution in [2.45, 2.75) is 49.6 Å². The van der Waals surface area contributed by atoms with Gasteiger partial charge in [-0.1, -0.05) is 43.3 Å². The molecule has 4 aromatic rings. The molecule has 2 N–H and O–H groups in total. The topological polar surface area (TPSA) is 78.5 Å². The third kappa shape index (κ3) is 7.32. The predicted octanol–water partition coefficient (Wildman–Crippen LogP) is 6.63. The molecule has 11 heteroatoms. The van der Waals surface area contributed by atoms with Crippen LogP contribution in [0.2, 0.25) is 0 Å². The van der Waals surface area contributed by atoms with Crippen LogP contribution in [0, 0.1) is 29.2 Å². The number of hydrogen-bond donors (Lipinski definition) is 2. The van der Waals surface area contributed by atoms with Crippen molar-refractivity contribution >= 4 is 21.6 Å². The fourth-order valence-corrected chi connectivity index (χ4v) is 8.07. The van der Waals surface area contributed by atoms with Gasteiger partial charge in [0.05, 0.1) is 4.90 Å². The Morgan fingerprint density at radius 3 is 2.22 bits per heavy atom. The van der Waals surface area contributed by atoms with Crippen molar-refractivity contribution in [2.24, 2.45) is 5.92 Å². The van der Waals surface area contributed by atoms with E-state index in [-0.39, 0.29) is 40.6 Å². The summed E-state index contributed by atoms with van der Waals surface area (Å²) in [5.74, 6) is -5.04. The van der Waals surface area contributed by atoms with Gasteiger partial charge in [0, 0.05) is 54.3 Å². The van der Waals surface area contributed by atoms with Gasteiger partial charge in [0.25, 0.3) is 0 Å². The van der Waals surface area contributed by atoms with Crippen molar-refractivity contribution in [3.8, 4) is 0 Å². The van der Waals surface area contributed by atoms with Gasteiger partial charge in [-0.2, -0.15) is 4.31 Å². The first-order valence-electron chi connectivity index (χ1n) is 15.0. The molecule has 0 radical (unpaired) electrons. The number of carbonyl (C=O) groups excluding carboxylic acids is 1. The average molecular weight is 654 g/mol. The number of nitrogens with zero attached hydrogens (tertiary/aromatic N) is 1. The Labute approximate surface area is 266 Å². The molecule has 6 nitrogen and oxygen atoms in total. The lowest BCUT2D eigenvalue weighted by molar-refractivity contribution is -0.119. The summed E-state index contributed by atoms with van der Waals surface area (Å²) in [5.41, 5.74) is 1.06. The molecule has 0 aliphatic carbocycles. The van der Waals surface area contributed by atoms with Crippen LogP contribution >= 0.6 is 0 Å². The summed E-state index contributed by atoms with van der Waals surface area (Å²) in [6, 6.07) is 19.9. The first kappa shape index (κ1) is 33.3. The SMILES string of the molecule is C[C@H](C(=O)Nc1cccc(F)c1CC[C@H]1CNC[C@@H](C)N1S(=O)(=O)c1ccccc1)[C@@H](c1ccc(F)cc1)c1cc(F)cc(F)c1. The highest BCUT2D eigenvalue weighted by Gasteiger charge is 2.38. The number of benzene rings is 4. The third-order valence-corrected chi connectivity index (χ3v) is 10.5. The highest BCUT2D eigenvalue weighted by atomic mass is 32.2. The number of nitrogens with one attached hydrogen (secondary N) is 2. The number of rotatable bonds is 10. The Bertz CT molecular complexity index is 1770. The summed E-state index contributed by atoms with van der Waals surface area (Å²) in [7, 11) is -3.83. The standard InChI is InChI=1S/C35H35F4N3O3S/c1-22-20-40-21-29(42(22)46(44,45)30-7-4-3-5-8-30)15-16-31-32(39)9-6-10-33(31)41-35(43)23(2)34(24-11-13-26(36)14-12-24)25-17-27(37)19-28(38)18-25/h3-14,17-19,22-23,29,34,40H,15-16,20-21H2,1-2H3,(H,41,43)/t22-,23+,29+,34+/m1/s1. The van der Waals surface area contributed by atoms with Crippen LogP contribution < -0.4 is 10.6 Å². The molecular formula is C35H35F4N3O3S. The Hall–Kier alpha value is -4.06. The average Bonchev–Trinajstić information content (AvgIpc) is 3.01. The quantitative estimate of drug-likeness (QED) is 0.188. The van der Waals surface area contributed by atoms with Gasteiger partial charge < -0.3 is 10.6 Å². The van der Waals surface area contributed by atoms with Gasteiger partial charge in [0.15, 0.2) is 0 Å². The van der Waals surface area contributed by atoms with Gasteiger partial charge >= 0.3 is 0 Å². The van der Waals surface area contributed by atoms with Crippen LogP contribution in [0.4, 0.5) is 23.2 Å². The maximum atomic E-state index is 15.3. The molecule has 1 amide bonds. The second-order valence-corrected chi connectivity index (χ2v) is 13.5. The molecule has 242 valence electrons. The van der Waals surface area contributed by atoms with Crippen molar-refractivity contribution in [2.75, 3.05) is 18.4 Å². The minimum absolute atomic E-state index is 0.118. The Balaban J connectivity index is 1.39. The third-order valence-electron chi connectivity index (χ3n) is 8.42. The Morgan fingerprint density at radius 1 is 0.870 bits per heavy atom. The van der Waals surface area contributed by atoms with Crippen LogP contribution in [0.5, 0.6) is 0 Å². The van der Waals surface area contributed by atoms with Crippen LogP contribution in [-0.4, -0.2) is 43.8 Å². The summed E-state index contributed by atoms with van der Waals surface area (Å²) >= 11 is 0. The van der Waals surface area contributed by atoms with Crippen molar-refractivity contribution in [3.63, 3.8) is 0 Å². The van der Waals surface area contributed by atoms with Crippen LogP contribution in [0.3, 0.4) is 0 Å². The number of sulfonamides is 1. The normalized spacial score (nSPS) is 18.6. The van der Waals surface area contributed by atoms with E-state index in [2.05, 4.69) is 10.6 Å². The first-order valence-corrected chi connectivity index (χ1v) is 16.5. The molecule has 1 fully saturated rings. The minimum atomic E-state index is -3.83. The molecule has 1 aliphatic rings. The molecule has 0 spiro atoms. The number of amides is 1. The lowest BCUT2D eigenvalue weighted by Crippen LogP contribution is -2.58. The summed E-state index contributed by atoms with van der Waals surface area (Å²) < 4.78 is 86.3.